The van der Waals surface area contributed by atoms with Gasteiger partial charge in [-0.3, -0.25) is 0 Å². The van der Waals surface area contributed by atoms with E-state index in [-0.39, 0.29) is 0 Å². The molecule has 2 nitrogen and oxygen atoms in total. The van der Waals surface area contributed by atoms with Crippen LogP contribution in [0.2, 0.25) is 0 Å². The molecule has 0 atom stereocenters. The molecule has 0 aliphatic heterocycles. The summed E-state index contributed by atoms with van der Waals surface area (Å²) < 4.78 is 5.15. The standard InChI is InChI=1S/C13H9O2.Cu/c14-10-11-6-4-5-9-13(11)15-12-7-2-1-3-8-12;/h1-9H;. The fourth-order valence-electron chi connectivity index (χ4n) is 1.32. The summed E-state index contributed by atoms with van der Waals surface area (Å²) in [6.45, 7) is 0. The van der Waals surface area contributed by atoms with Crippen molar-refractivity contribution in [1.29, 1.82) is 0 Å². The van der Waals surface area contributed by atoms with Gasteiger partial charge < -0.3 is 0 Å². The molecular formula is C13H9CuO2. The van der Waals surface area contributed by atoms with Crippen LogP contribution in [0.25, 0.3) is 0 Å². The number of carbonyl (C=O) groups excluding carboxylic acids is 1. The van der Waals surface area contributed by atoms with Crippen molar-refractivity contribution >= 4 is 4.68 Å². The van der Waals surface area contributed by atoms with Crippen LogP contribution in [0.5, 0.6) is 11.5 Å². The molecule has 3 heteroatoms. The quantitative estimate of drug-likeness (QED) is 0.793. The fraction of sp³-hybridized carbons (Fsp3) is 0. The molecule has 0 heterocycles. The minimum absolute atomic E-state index is 0.409. The van der Waals surface area contributed by atoms with Gasteiger partial charge in [0.15, 0.2) is 0 Å². The molecule has 0 N–H and O–H groups in total. The van der Waals surface area contributed by atoms with Crippen LogP contribution in [-0.4, -0.2) is 4.68 Å². The van der Waals surface area contributed by atoms with E-state index >= 15 is 0 Å². The van der Waals surface area contributed by atoms with Crippen molar-refractivity contribution in [3.63, 3.8) is 0 Å². The van der Waals surface area contributed by atoms with Crippen molar-refractivity contribution in [1.82, 2.24) is 0 Å². The molecule has 84 valence electrons. The van der Waals surface area contributed by atoms with Crippen molar-refractivity contribution < 1.29 is 25.5 Å². The van der Waals surface area contributed by atoms with E-state index in [1.807, 2.05) is 30.3 Å². The van der Waals surface area contributed by atoms with Crippen LogP contribution in [0.3, 0.4) is 0 Å². The van der Waals surface area contributed by atoms with Crippen molar-refractivity contribution in [3.8, 4) is 11.5 Å². The Morgan fingerprint density at radius 2 is 1.56 bits per heavy atom. The van der Waals surface area contributed by atoms with E-state index in [1.54, 1.807) is 24.3 Å². The molecule has 2 rings (SSSR count). The first-order valence-corrected chi connectivity index (χ1v) is 5.22. The van der Waals surface area contributed by atoms with Crippen LogP contribution in [-0.2, 0) is 16.0 Å². The monoisotopic (exact) mass is 260 g/mol. The first-order valence-electron chi connectivity index (χ1n) is 4.75. The SMILES string of the molecule is O=[C]([Cu])c1ccccc1Oc1ccccc1. The predicted molar refractivity (Wildman–Crippen MR) is 57.3 cm³/mol. The molecule has 0 aromatic heterocycles. The van der Waals surface area contributed by atoms with Gasteiger partial charge in [-0.2, -0.15) is 0 Å². The molecule has 0 saturated carbocycles. The Morgan fingerprint density at radius 3 is 2.25 bits per heavy atom. The van der Waals surface area contributed by atoms with E-state index in [2.05, 4.69) is 0 Å². The normalized spacial score (nSPS) is 9.88. The topological polar surface area (TPSA) is 26.3 Å². The molecule has 2 aromatic rings. The maximum atomic E-state index is 11.2. The average molecular weight is 261 g/mol. The van der Waals surface area contributed by atoms with E-state index < -0.39 is 4.68 Å². The van der Waals surface area contributed by atoms with Gasteiger partial charge in [-0.15, -0.1) is 0 Å². The predicted octanol–water partition coefficient (Wildman–Crippen LogP) is 3.17. The summed E-state index contributed by atoms with van der Waals surface area (Å²) in [5.74, 6) is 1.17. The zero-order valence-corrected chi connectivity index (χ0v) is 9.26. The van der Waals surface area contributed by atoms with Crippen molar-refractivity contribution in [3.05, 3.63) is 60.2 Å². The number of rotatable bonds is 3. The van der Waals surface area contributed by atoms with E-state index in [0.717, 1.165) is 0 Å². The Bertz CT molecular complexity index is 494. The van der Waals surface area contributed by atoms with Gasteiger partial charge in [0.2, 0.25) is 0 Å². The average Bonchev–Trinajstić information content (AvgIpc) is 2.31. The number of para-hydroxylation sites is 2. The third-order valence-electron chi connectivity index (χ3n) is 2.05. The van der Waals surface area contributed by atoms with Crippen molar-refractivity contribution in [2.24, 2.45) is 0 Å². The Balaban J connectivity index is 2.31. The zero-order valence-electron chi connectivity index (χ0n) is 8.31. The first kappa shape index (κ1) is 10.9. The van der Waals surface area contributed by atoms with Gasteiger partial charge in [0.1, 0.15) is 0 Å². The molecular weight excluding hydrogens is 252 g/mol. The van der Waals surface area contributed by atoms with Gasteiger partial charge in [-0.1, -0.05) is 0 Å². The number of hydrogen-bond acceptors (Lipinski definition) is 2. The Hall–Kier alpha value is -1.57. The van der Waals surface area contributed by atoms with Crippen molar-refractivity contribution in [2.75, 3.05) is 0 Å². The van der Waals surface area contributed by atoms with E-state index in [9.17, 15) is 4.79 Å². The van der Waals surface area contributed by atoms with Gasteiger partial charge in [-0.25, -0.2) is 0 Å². The zero-order chi connectivity index (χ0) is 11.4. The van der Waals surface area contributed by atoms with Crippen LogP contribution < -0.4 is 4.74 Å². The van der Waals surface area contributed by atoms with Crippen LogP contribution in [0.1, 0.15) is 10.4 Å². The summed E-state index contributed by atoms with van der Waals surface area (Å²) >= 11 is 4.78. The Morgan fingerprint density at radius 1 is 0.938 bits per heavy atom. The van der Waals surface area contributed by atoms with Crippen molar-refractivity contribution in [2.45, 2.75) is 0 Å². The summed E-state index contributed by atoms with van der Waals surface area (Å²) in [6.07, 6.45) is 0. The molecule has 0 spiro atoms. The molecule has 0 aliphatic rings. The molecule has 0 fully saturated rings. The molecule has 0 saturated heterocycles. The molecule has 0 aliphatic carbocycles. The van der Waals surface area contributed by atoms with E-state index in [1.165, 1.54) is 0 Å². The maximum absolute atomic E-state index is 11.2. The molecule has 0 amide bonds. The number of carbonyl (C=O) groups is 1. The molecule has 0 radical (unpaired) electrons. The molecule has 2 aromatic carbocycles. The summed E-state index contributed by atoms with van der Waals surface area (Å²) in [5, 5.41) is 0. The van der Waals surface area contributed by atoms with Crippen LogP contribution in [0.15, 0.2) is 54.6 Å². The van der Waals surface area contributed by atoms with Crippen LogP contribution in [0.4, 0.5) is 0 Å². The third kappa shape index (κ3) is 2.51. The number of ether oxygens (including phenoxy) is 1. The molecule has 0 bridgehead atoms. The summed E-state index contributed by atoms with van der Waals surface area (Å²) in [5.41, 5.74) is 0.409. The second-order valence-corrected chi connectivity index (χ2v) is 3.58. The van der Waals surface area contributed by atoms with Gasteiger partial charge in [-0.05, 0) is 0 Å². The summed E-state index contributed by atoms with van der Waals surface area (Å²) in [6, 6.07) is 16.2. The summed E-state index contributed by atoms with van der Waals surface area (Å²) in [7, 11) is 0. The minimum atomic E-state index is -0.431. The second-order valence-electron chi connectivity index (χ2n) is 3.15. The van der Waals surface area contributed by atoms with Gasteiger partial charge >= 0.3 is 102 Å². The van der Waals surface area contributed by atoms with E-state index in [4.69, 9.17) is 20.7 Å². The third-order valence-corrected chi connectivity index (χ3v) is 2.30. The van der Waals surface area contributed by atoms with Crippen LogP contribution in [0, 0.1) is 0 Å². The fourth-order valence-corrected chi connectivity index (χ4v) is 1.51. The molecule has 16 heavy (non-hydrogen) atoms. The molecule has 0 unspecified atom stereocenters. The van der Waals surface area contributed by atoms with Gasteiger partial charge in [0, 0.05) is 0 Å². The number of benzene rings is 2. The number of hydrogen-bond donors (Lipinski definition) is 0. The van der Waals surface area contributed by atoms with Gasteiger partial charge in [0.05, 0.1) is 0 Å². The second kappa shape index (κ2) is 4.97. The van der Waals surface area contributed by atoms with Gasteiger partial charge in [0.25, 0.3) is 0 Å². The Labute approximate surface area is 102 Å². The van der Waals surface area contributed by atoms with Crippen LogP contribution >= 0.6 is 0 Å². The summed E-state index contributed by atoms with van der Waals surface area (Å²) in [4.78, 5) is 11.2. The Kier molecular flexibility index (Phi) is 3.40. The first-order chi connectivity index (χ1) is 7.77. The van der Waals surface area contributed by atoms with E-state index in [0.29, 0.717) is 17.1 Å².